The first-order valence-electron chi connectivity index (χ1n) is 6.43. The summed E-state index contributed by atoms with van der Waals surface area (Å²) in [5.74, 6) is 0.0341. The van der Waals surface area contributed by atoms with Crippen LogP contribution in [0.2, 0.25) is 0 Å². The lowest BCUT2D eigenvalue weighted by Crippen LogP contribution is -2.48. The minimum Gasteiger partial charge on any atom is -0.380 e. The molecule has 0 radical (unpaired) electrons. The molecule has 1 aliphatic rings. The average molecular weight is 275 g/mol. The summed E-state index contributed by atoms with van der Waals surface area (Å²) < 4.78 is 6.37. The molecule has 1 aromatic carbocycles. The van der Waals surface area contributed by atoms with Crippen molar-refractivity contribution in [3.63, 3.8) is 0 Å². The van der Waals surface area contributed by atoms with E-state index in [4.69, 9.17) is 4.74 Å². The molecule has 3 nitrogen and oxygen atoms in total. The number of amides is 1. The van der Waals surface area contributed by atoms with Gasteiger partial charge < -0.3 is 10.1 Å². The van der Waals surface area contributed by atoms with E-state index in [0.717, 1.165) is 23.7 Å². The van der Waals surface area contributed by atoms with Gasteiger partial charge in [0.05, 0.1) is 18.1 Å². The molecular weight excluding hydrogens is 258 g/mol. The summed E-state index contributed by atoms with van der Waals surface area (Å²) in [6.07, 6.45) is 0. The Bertz CT molecular complexity index is 628. The van der Waals surface area contributed by atoms with E-state index in [1.807, 2.05) is 19.1 Å². The third-order valence-electron chi connectivity index (χ3n) is 3.63. The summed E-state index contributed by atoms with van der Waals surface area (Å²) in [5, 5.41) is 4.21. The molecule has 0 spiro atoms. The minimum absolute atomic E-state index is 0.0341. The van der Waals surface area contributed by atoms with Crippen LogP contribution in [-0.2, 0) is 4.74 Å². The van der Waals surface area contributed by atoms with E-state index in [2.05, 4.69) is 24.4 Å². The zero-order chi connectivity index (χ0) is 13.5. The van der Waals surface area contributed by atoms with Crippen LogP contribution < -0.4 is 5.32 Å². The lowest BCUT2D eigenvalue weighted by atomic mass is 9.89. The normalized spacial score (nSPS) is 17.2. The van der Waals surface area contributed by atoms with Crippen molar-refractivity contribution >= 4 is 27.3 Å². The van der Waals surface area contributed by atoms with Crippen molar-refractivity contribution in [2.45, 2.75) is 13.8 Å². The smallest absolute Gasteiger partial charge is 0.261 e. The quantitative estimate of drug-likeness (QED) is 0.935. The van der Waals surface area contributed by atoms with Gasteiger partial charge in [-0.15, -0.1) is 11.3 Å². The van der Waals surface area contributed by atoms with Crippen molar-refractivity contribution in [3.05, 3.63) is 34.7 Å². The maximum Gasteiger partial charge on any atom is 0.261 e. The van der Waals surface area contributed by atoms with Crippen LogP contribution in [0.25, 0.3) is 10.1 Å². The predicted molar refractivity (Wildman–Crippen MR) is 77.8 cm³/mol. The SMILES string of the molecule is Cc1c(C(=O)NCC2(C)COC2)sc2ccccc12. The number of fused-ring (bicyclic) bond motifs is 1. The predicted octanol–water partition coefficient (Wildman–Crippen LogP) is 2.98. The first-order valence-corrected chi connectivity index (χ1v) is 7.25. The fraction of sp³-hybridized carbons (Fsp3) is 0.400. The third kappa shape index (κ3) is 2.26. The Balaban J connectivity index is 1.79. The van der Waals surface area contributed by atoms with Crippen molar-refractivity contribution in [2.75, 3.05) is 19.8 Å². The summed E-state index contributed by atoms with van der Waals surface area (Å²) in [7, 11) is 0. The van der Waals surface area contributed by atoms with Gasteiger partial charge in [0, 0.05) is 16.7 Å². The molecule has 2 heterocycles. The summed E-state index contributed by atoms with van der Waals surface area (Å²) in [6, 6.07) is 8.15. The maximum absolute atomic E-state index is 12.3. The van der Waals surface area contributed by atoms with Gasteiger partial charge in [0.1, 0.15) is 0 Å². The number of hydrogen-bond donors (Lipinski definition) is 1. The Labute approximate surface area is 116 Å². The van der Waals surface area contributed by atoms with Gasteiger partial charge >= 0.3 is 0 Å². The number of carbonyl (C=O) groups is 1. The van der Waals surface area contributed by atoms with Crippen LogP contribution in [0.3, 0.4) is 0 Å². The summed E-state index contributed by atoms with van der Waals surface area (Å²) >= 11 is 1.56. The van der Waals surface area contributed by atoms with E-state index in [1.165, 1.54) is 10.1 Å². The molecule has 1 N–H and O–H groups in total. The van der Waals surface area contributed by atoms with Crippen molar-refractivity contribution in [3.8, 4) is 0 Å². The van der Waals surface area contributed by atoms with E-state index in [1.54, 1.807) is 11.3 Å². The average Bonchev–Trinajstić information content (AvgIpc) is 2.72. The van der Waals surface area contributed by atoms with Gasteiger partial charge in [0.2, 0.25) is 0 Å². The lowest BCUT2D eigenvalue weighted by molar-refractivity contribution is -0.0978. The second-order valence-corrected chi connectivity index (χ2v) is 6.59. The zero-order valence-electron chi connectivity index (χ0n) is 11.2. The Morgan fingerprint density at radius 1 is 1.42 bits per heavy atom. The van der Waals surface area contributed by atoms with Gasteiger partial charge in [-0.1, -0.05) is 25.1 Å². The number of benzene rings is 1. The van der Waals surface area contributed by atoms with E-state index >= 15 is 0 Å². The number of aryl methyl sites for hydroxylation is 1. The van der Waals surface area contributed by atoms with Crippen molar-refractivity contribution < 1.29 is 9.53 Å². The standard InChI is InChI=1S/C15H17NO2S/c1-10-11-5-3-4-6-12(11)19-13(10)14(17)16-7-15(2)8-18-9-15/h3-6H,7-9H2,1-2H3,(H,16,17). The molecule has 1 aliphatic heterocycles. The largest absolute Gasteiger partial charge is 0.380 e. The molecular formula is C15H17NO2S. The molecule has 1 saturated heterocycles. The Hall–Kier alpha value is -1.39. The number of nitrogens with one attached hydrogen (secondary N) is 1. The molecule has 1 aromatic heterocycles. The molecule has 0 bridgehead atoms. The van der Waals surface area contributed by atoms with Crippen LogP contribution in [-0.4, -0.2) is 25.7 Å². The van der Waals surface area contributed by atoms with Crippen LogP contribution in [0.5, 0.6) is 0 Å². The van der Waals surface area contributed by atoms with Gasteiger partial charge in [0.15, 0.2) is 0 Å². The molecule has 0 unspecified atom stereocenters. The topological polar surface area (TPSA) is 38.3 Å². The molecule has 1 fully saturated rings. The highest BCUT2D eigenvalue weighted by molar-refractivity contribution is 7.21. The van der Waals surface area contributed by atoms with E-state index < -0.39 is 0 Å². The molecule has 1 amide bonds. The molecule has 0 aliphatic carbocycles. The third-order valence-corrected chi connectivity index (χ3v) is 4.90. The highest BCUT2D eigenvalue weighted by atomic mass is 32.1. The van der Waals surface area contributed by atoms with E-state index in [0.29, 0.717) is 6.54 Å². The number of rotatable bonds is 3. The van der Waals surface area contributed by atoms with E-state index in [-0.39, 0.29) is 11.3 Å². The Morgan fingerprint density at radius 3 is 2.79 bits per heavy atom. The van der Waals surface area contributed by atoms with Crippen LogP contribution >= 0.6 is 11.3 Å². The lowest BCUT2D eigenvalue weighted by Gasteiger charge is -2.37. The van der Waals surface area contributed by atoms with Crippen molar-refractivity contribution in [1.29, 1.82) is 0 Å². The Kier molecular flexibility index (Phi) is 3.07. The van der Waals surface area contributed by atoms with Gasteiger partial charge in [0.25, 0.3) is 5.91 Å². The zero-order valence-corrected chi connectivity index (χ0v) is 12.0. The van der Waals surface area contributed by atoms with E-state index in [9.17, 15) is 4.79 Å². The number of ether oxygens (including phenoxy) is 1. The maximum atomic E-state index is 12.3. The highest BCUT2D eigenvalue weighted by Gasteiger charge is 2.33. The molecule has 3 rings (SSSR count). The summed E-state index contributed by atoms with van der Waals surface area (Å²) in [5.41, 5.74) is 1.19. The van der Waals surface area contributed by atoms with Crippen molar-refractivity contribution in [1.82, 2.24) is 5.32 Å². The van der Waals surface area contributed by atoms with Gasteiger partial charge in [-0.05, 0) is 23.9 Å². The van der Waals surface area contributed by atoms with Gasteiger partial charge in [-0.25, -0.2) is 0 Å². The molecule has 19 heavy (non-hydrogen) atoms. The monoisotopic (exact) mass is 275 g/mol. The number of hydrogen-bond acceptors (Lipinski definition) is 3. The van der Waals surface area contributed by atoms with Crippen molar-refractivity contribution in [2.24, 2.45) is 5.41 Å². The minimum atomic E-state index is 0.0341. The molecule has 2 aromatic rings. The summed E-state index contributed by atoms with van der Waals surface area (Å²) in [4.78, 5) is 13.1. The summed E-state index contributed by atoms with van der Waals surface area (Å²) in [6.45, 7) is 6.30. The number of thiophene rings is 1. The van der Waals surface area contributed by atoms with Crippen LogP contribution in [0.1, 0.15) is 22.2 Å². The Morgan fingerprint density at radius 2 is 2.16 bits per heavy atom. The van der Waals surface area contributed by atoms with Crippen LogP contribution in [0, 0.1) is 12.3 Å². The molecule has 0 atom stereocenters. The first kappa shape index (κ1) is 12.6. The fourth-order valence-electron chi connectivity index (χ4n) is 2.32. The molecule has 4 heteroatoms. The van der Waals surface area contributed by atoms with Crippen LogP contribution in [0.4, 0.5) is 0 Å². The molecule has 100 valence electrons. The first-order chi connectivity index (χ1) is 9.09. The second kappa shape index (κ2) is 4.62. The number of carbonyl (C=O) groups excluding carboxylic acids is 1. The highest BCUT2D eigenvalue weighted by Crippen LogP contribution is 2.31. The van der Waals surface area contributed by atoms with Gasteiger partial charge in [-0.3, -0.25) is 4.79 Å². The second-order valence-electron chi connectivity index (χ2n) is 5.54. The molecule has 0 saturated carbocycles. The van der Waals surface area contributed by atoms with Crippen LogP contribution in [0.15, 0.2) is 24.3 Å². The fourth-order valence-corrected chi connectivity index (χ4v) is 3.44. The van der Waals surface area contributed by atoms with Gasteiger partial charge in [-0.2, -0.15) is 0 Å².